The van der Waals surface area contributed by atoms with E-state index < -0.39 is 29.4 Å². The van der Waals surface area contributed by atoms with Crippen LogP contribution in [0.4, 0.5) is 5.69 Å². The monoisotopic (exact) mass is 516 g/mol. The highest BCUT2D eigenvalue weighted by molar-refractivity contribution is 6.34. The van der Waals surface area contributed by atoms with Crippen LogP contribution in [0.1, 0.15) is 43.6 Å². The minimum Gasteiger partial charge on any atom is -0.490 e. The van der Waals surface area contributed by atoms with E-state index in [-0.39, 0.29) is 43.4 Å². The Labute approximate surface area is 214 Å². The standard InChI is InChI=1S/C26H29ClN2O7/c1-17(30)34-11-12-35-19-9-10-20(21(27)13-19)25(33)29-15-23(31)28(16-24(32)36-26(2,3)4)14-18-7-5-6-8-22(18)29/h5-10,13H,11-12,14-16H2,1-4H3. The fraction of sp³-hybridized carbons (Fsp3) is 0.385. The molecule has 0 radical (unpaired) electrons. The van der Waals surface area contributed by atoms with E-state index in [1.807, 2.05) is 0 Å². The van der Waals surface area contributed by atoms with Crippen LogP contribution in [0.15, 0.2) is 42.5 Å². The molecule has 0 spiro atoms. The number of amides is 2. The van der Waals surface area contributed by atoms with E-state index in [0.29, 0.717) is 17.0 Å². The molecular weight excluding hydrogens is 488 g/mol. The molecule has 0 fully saturated rings. The van der Waals surface area contributed by atoms with E-state index in [4.69, 9.17) is 25.8 Å². The smallest absolute Gasteiger partial charge is 0.326 e. The Morgan fingerprint density at radius 2 is 1.75 bits per heavy atom. The summed E-state index contributed by atoms with van der Waals surface area (Å²) in [5, 5.41) is 0.143. The van der Waals surface area contributed by atoms with Crippen LogP contribution in [0.25, 0.3) is 0 Å². The molecule has 3 rings (SSSR count). The third kappa shape index (κ3) is 7.21. The average molecular weight is 517 g/mol. The first-order valence-corrected chi connectivity index (χ1v) is 11.8. The average Bonchev–Trinajstić information content (AvgIpc) is 2.91. The molecule has 0 atom stereocenters. The summed E-state index contributed by atoms with van der Waals surface area (Å²) in [5.74, 6) is -1.40. The second-order valence-electron chi connectivity index (χ2n) is 9.19. The summed E-state index contributed by atoms with van der Waals surface area (Å²) in [6.07, 6.45) is 0. The van der Waals surface area contributed by atoms with Crippen molar-refractivity contribution >= 4 is 41.0 Å². The molecule has 0 saturated heterocycles. The maximum absolute atomic E-state index is 13.5. The number of hydrogen-bond acceptors (Lipinski definition) is 7. The van der Waals surface area contributed by atoms with Gasteiger partial charge in [0, 0.05) is 19.2 Å². The summed E-state index contributed by atoms with van der Waals surface area (Å²) >= 11 is 6.40. The fourth-order valence-corrected chi connectivity index (χ4v) is 3.88. The van der Waals surface area contributed by atoms with Crippen molar-refractivity contribution in [3.8, 4) is 5.75 Å². The topological polar surface area (TPSA) is 102 Å². The lowest BCUT2D eigenvalue weighted by Crippen LogP contribution is -2.43. The highest BCUT2D eigenvalue weighted by Gasteiger charge is 2.32. The largest absolute Gasteiger partial charge is 0.490 e. The zero-order valence-corrected chi connectivity index (χ0v) is 21.5. The molecule has 0 aromatic heterocycles. The van der Waals surface area contributed by atoms with Crippen LogP contribution >= 0.6 is 11.6 Å². The van der Waals surface area contributed by atoms with Crippen molar-refractivity contribution in [1.82, 2.24) is 4.90 Å². The molecule has 10 heteroatoms. The molecular formula is C26H29ClN2O7. The number of halogens is 1. The molecule has 192 valence electrons. The molecule has 1 aliphatic heterocycles. The number of hydrogen-bond donors (Lipinski definition) is 0. The van der Waals surface area contributed by atoms with Crippen LogP contribution in [0.5, 0.6) is 5.75 Å². The van der Waals surface area contributed by atoms with Gasteiger partial charge in [-0.05, 0) is 50.6 Å². The summed E-state index contributed by atoms with van der Waals surface area (Å²) in [4.78, 5) is 52.6. The SMILES string of the molecule is CC(=O)OCCOc1ccc(C(=O)N2CC(=O)N(CC(=O)OC(C)(C)C)Cc3ccccc32)c(Cl)c1. The lowest BCUT2D eigenvalue weighted by atomic mass is 10.1. The summed E-state index contributed by atoms with van der Waals surface area (Å²) in [7, 11) is 0. The van der Waals surface area contributed by atoms with Gasteiger partial charge >= 0.3 is 11.9 Å². The second-order valence-corrected chi connectivity index (χ2v) is 9.59. The summed E-state index contributed by atoms with van der Waals surface area (Å²) < 4.78 is 15.7. The van der Waals surface area contributed by atoms with Crippen molar-refractivity contribution < 1.29 is 33.4 Å². The van der Waals surface area contributed by atoms with Crippen molar-refractivity contribution in [3.05, 3.63) is 58.6 Å². The molecule has 2 amide bonds. The molecule has 2 aromatic rings. The van der Waals surface area contributed by atoms with Gasteiger partial charge in [0.15, 0.2) is 0 Å². The Kier molecular flexibility index (Phi) is 8.57. The van der Waals surface area contributed by atoms with Gasteiger partial charge in [0.25, 0.3) is 5.91 Å². The van der Waals surface area contributed by atoms with E-state index in [2.05, 4.69) is 0 Å². The number of esters is 2. The maximum atomic E-state index is 13.5. The van der Waals surface area contributed by atoms with Crippen LogP contribution in [0.2, 0.25) is 5.02 Å². The van der Waals surface area contributed by atoms with Gasteiger partial charge in [-0.3, -0.25) is 24.1 Å². The van der Waals surface area contributed by atoms with Crippen molar-refractivity contribution in [2.45, 2.75) is 39.8 Å². The number of fused-ring (bicyclic) bond motifs is 1. The summed E-state index contributed by atoms with van der Waals surface area (Å²) in [6, 6.07) is 11.7. The van der Waals surface area contributed by atoms with E-state index >= 15 is 0 Å². The fourth-order valence-electron chi connectivity index (χ4n) is 3.63. The van der Waals surface area contributed by atoms with Crippen LogP contribution in [-0.4, -0.2) is 60.6 Å². The zero-order chi connectivity index (χ0) is 26.5. The normalized spacial score (nSPS) is 13.5. The van der Waals surface area contributed by atoms with Crippen molar-refractivity contribution in [3.63, 3.8) is 0 Å². The number of carbonyl (C=O) groups excluding carboxylic acids is 4. The van der Waals surface area contributed by atoms with Gasteiger partial charge in [-0.1, -0.05) is 29.8 Å². The Hall–Kier alpha value is -3.59. The number of anilines is 1. The highest BCUT2D eigenvalue weighted by Crippen LogP contribution is 2.30. The third-order valence-electron chi connectivity index (χ3n) is 5.10. The number of ether oxygens (including phenoxy) is 3. The number of nitrogens with zero attached hydrogens (tertiary/aromatic N) is 2. The Balaban J connectivity index is 1.80. The predicted molar refractivity (Wildman–Crippen MR) is 133 cm³/mol. The number of rotatable bonds is 7. The zero-order valence-electron chi connectivity index (χ0n) is 20.7. The minimum absolute atomic E-state index is 0.0834. The molecule has 9 nitrogen and oxygen atoms in total. The van der Waals surface area contributed by atoms with Gasteiger partial charge in [-0.2, -0.15) is 0 Å². The van der Waals surface area contributed by atoms with Crippen LogP contribution in [0.3, 0.4) is 0 Å². The van der Waals surface area contributed by atoms with E-state index in [1.54, 1.807) is 51.1 Å². The molecule has 36 heavy (non-hydrogen) atoms. The summed E-state index contributed by atoms with van der Waals surface area (Å²) in [6.45, 7) is 6.44. The van der Waals surface area contributed by atoms with Crippen molar-refractivity contribution in [2.75, 3.05) is 31.2 Å². The molecule has 1 heterocycles. The third-order valence-corrected chi connectivity index (χ3v) is 5.42. The van der Waals surface area contributed by atoms with Gasteiger partial charge in [-0.15, -0.1) is 0 Å². The highest BCUT2D eigenvalue weighted by atomic mass is 35.5. The maximum Gasteiger partial charge on any atom is 0.326 e. The van der Waals surface area contributed by atoms with Gasteiger partial charge in [-0.25, -0.2) is 0 Å². The first-order chi connectivity index (χ1) is 16.9. The molecule has 1 aliphatic rings. The second kappa shape index (κ2) is 11.4. The van der Waals surface area contributed by atoms with Crippen LogP contribution in [0, 0.1) is 0 Å². The first kappa shape index (κ1) is 27.0. The first-order valence-electron chi connectivity index (χ1n) is 11.4. The number of carbonyl (C=O) groups is 4. The van der Waals surface area contributed by atoms with Gasteiger partial charge < -0.3 is 19.1 Å². The predicted octanol–water partition coefficient (Wildman–Crippen LogP) is 3.61. The lowest BCUT2D eigenvalue weighted by Gasteiger charge is -2.24. The molecule has 0 bridgehead atoms. The van der Waals surface area contributed by atoms with E-state index in [9.17, 15) is 19.2 Å². The lowest BCUT2D eigenvalue weighted by molar-refractivity contribution is -0.158. The van der Waals surface area contributed by atoms with E-state index in [1.165, 1.54) is 28.9 Å². The molecule has 0 aliphatic carbocycles. The Morgan fingerprint density at radius 3 is 2.42 bits per heavy atom. The molecule has 2 aromatic carbocycles. The van der Waals surface area contributed by atoms with Crippen LogP contribution < -0.4 is 9.64 Å². The Morgan fingerprint density at radius 1 is 1.03 bits per heavy atom. The van der Waals surface area contributed by atoms with Crippen LogP contribution in [-0.2, 0) is 30.4 Å². The minimum atomic E-state index is -0.682. The van der Waals surface area contributed by atoms with Gasteiger partial charge in [0.05, 0.1) is 10.6 Å². The number of benzene rings is 2. The van der Waals surface area contributed by atoms with Crippen molar-refractivity contribution in [1.29, 1.82) is 0 Å². The van der Waals surface area contributed by atoms with Crippen molar-refractivity contribution in [2.24, 2.45) is 0 Å². The summed E-state index contributed by atoms with van der Waals surface area (Å²) in [5.41, 5.74) is 0.771. The Bertz CT molecular complexity index is 1160. The molecule has 0 unspecified atom stereocenters. The van der Waals surface area contributed by atoms with Gasteiger partial charge in [0.2, 0.25) is 5.91 Å². The number of para-hydroxylation sites is 1. The van der Waals surface area contributed by atoms with Gasteiger partial charge in [0.1, 0.15) is 37.7 Å². The quantitative estimate of drug-likeness (QED) is 0.409. The van der Waals surface area contributed by atoms with E-state index in [0.717, 1.165) is 0 Å². The molecule has 0 N–H and O–H groups in total. The molecule has 0 saturated carbocycles.